The summed E-state index contributed by atoms with van der Waals surface area (Å²) in [7, 11) is 0. The van der Waals surface area contributed by atoms with Gasteiger partial charge in [0.1, 0.15) is 18.3 Å². The van der Waals surface area contributed by atoms with Gasteiger partial charge in [0.2, 0.25) is 0 Å². The monoisotopic (exact) mass is 1030 g/mol. The van der Waals surface area contributed by atoms with Crippen LogP contribution < -0.4 is 4.90 Å². The van der Waals surface area contributed by atoms with Crippen LogP contribution in [0.4, 0.5) is 17.1 Å². The zero-order valence-electron chi connectivity index (χ0n) is 40.5. The number of hydrogen-bond donors (Lipinski definition) is 0. The van der Waals surface area contributed by atoms with Crippen molar-refractivity contribution in [1.82, 2.24) is 9.55 Å². The standard InChI is InChI=1S/C58H64N4O.Pt/c1-33(2)54(34(3)4)58(15)32-63-55(60-58)41-26-40(53-38(8)22-37(7)23-39(53)9)27-43(28-41)61-49-19-17-36(6)25-46(49)57(13,14)47-30-45-44-24-35(5)16-18-48(44)62(50(45)31-51(47)61)52-29-42(20-21-59-52)56(10,11)12;/h16-27,29-30,33-34,54H,32H2,1-15H3;/q-2;+2/t58-;/m0./s1. The van der Waals surface area contributed by atoms with Crippen molar-refractivity contribution in [3.05, 3.63) is 147 Å². The molecule has 0 aliphatic carbocycles. The summed E-state index contributed by atoms with van der Waals surface area (Å²) < 4.78 is 9.04. The third-order valence-electron chi connectivity index (χ3n) is 14.1. The van der Waals surface area contributed by atoms with E-state index in [0.29, 0.717) is 30.3 Å². The molecule has 1 atom stereocenters. The van der Waals surface area contributed by atoms with Crippen LogP contribution in [0.25, 0.3) is 38.8 Å². The van der Waals surface area contributed by atoms with E-state index in [4.69, 9.17) is 14.7 Å². The van der Waals surface area contributed by atoms with E-state index in [-0.39, 0.29) is 37.4 Å². The minimum Gasteiger partial charge on any atom is -0.518 e. The Hall–Kier alpha value is -4.99. The van der Waals surface area contributed by atoms with Crippen LogP contribution in [-0.4, -0.2) is 27.6 Å². The summed E-state index contributed by atoms with van der Waals surface area (Å²) in [6, 6.07) is 37.8. The molecule has 9 rings (SSSR count). The number of pyridine rings is 1. The first kappa shape index (κ1) is 45.6. The minimum absolute atomic E-state index is 0. The molecule has 0 saturated heterocycles. The number of ether oxygens (including phenoxy) is 1. The Balaban J connectivity index is 0.00000560. The molecular formula is C58H64N4OPt. The smallest absolute Gasteiger partial charge is 0.518 e. The molecule has 0 N–H and O–H groups in total. The molecule has 4 heterocycles. The number of anilines is 3. The summed E-state index contributed by atoms with van der Waals surface area (Å²) in [6.07, 6.45) is 1.95. The number of nitrogens with zero attached hydrogens (tertiary/aromatic N) is 4. The van der Waals surface area contributed by atoms with E-state index in [1.165, 1.54) is 60.8 Å². The van der Waals surface area contributed by atoms with E-state index in [2.05, 4.69) is 204 Å². The number of aliphatic imine (C=N–C) groups is 1. The maximum Gasteiger partial charge on any atom is 2.00 e. The number of hydrogen-bond acceptors (Lipinski definition) is 4. The zero-order chi connectivity index (χ0) is 45.1. The van der Waals surface area contributed by atoms with Gasteiger partial charge in [-0.25, -0.2) is 4.98 Å². The maximum atomic E-state index is 6.72. The van der Waals surface area contributed by atoms with Gasteiger partial charge in [0.15, 0.2) is 0 Å². The summed E-state index contributed by atoms with van der Waals surface area (Å²) in [6.45, 7) is 34.6. The molecule has 64 heavy (non-hydrogen) atoms. The molecule has 0 spiro atoms. The van der Waals surface area contributed by atoms with E-state index in [1.54, 1.807) is 0 Å². The molecule has 0 bridgehead atoms. The van der Waals surface area contributed by atoms with Crippen molar-refractivity contribution < 1.29 is 25.8 Å². The number of benzene rings is 5. The van der Waals surface area contributed by atoms with Gasteiger partial charge in [-0.05, 0) is 133 Å². The Morgan fingerprint density at radius 3 is 2.06 bits per heavy atom. The Labute approximate surface area is 396 Å². The molecule has 0 amide bonds. The van der Waals surface area contributed by atoms with E-state index >= 15 is 0 Å². The van der Waals surface area contributed by atoms with Crippen molar-refractivity contribution in [2.45, 2.75) is 120 Å². The van der Waals surface area contributed by atoms with E-state index in [1.807, 2.05) is 6.20 Å². The predicted molar refractivity (Wildman–Crippen MR) is 265 cm³/mol. The molecule has 0 saturated carbocycles. The van der Waals surface area contributed by atoms with E-state index in [9.17, 15) is 0 Å². The van der Waals surface area contributed by atoms with Crippen molar-refractivity contribution in [1.29, 1.82) is 0 Å². The van der Waals surface area contributed by atoms with Gasteiger partial charge in [0.05, 0.1) is 5.54 Å². The number of fused-ring (bicyclic) bond motifs is 5. The fraction of sp³-hybridized carbons (Fsp3) is 0.379. The van der Waals surface area contributed by atoms with Gasteiger partial charge >= 0.3 is 21.1 Å². The van der Waals surface area contributed by atoms with Crippen molar-refractivity contribution in [2.24, 2.45) is 22.7 Å². The summed E-state index contributed by atoms with van der Waals surface area (Å²) >= 11 is 0. The molecule has 5 aromatic carbocycles. The normalized spacial score (nSPS) is 17.0. The van der Waals surface area contributed by atoms with Crippen LogP contribution in [0.5, 0.6) is 0 Å². The summed E-state index contributed by atoms with van der Waals surface area (Å²) in [5, 5.41) is 2.37. The fourth-order valence-electron chi connectivity index (χ4n) is 11.4. The van der Waals surface area contributed by atoms with E-state index in [0.717, 1.165) is 45.0 Å². The first-order valence-corrected chi connectivity index (χ1v) is 22.9. The summed E-state index contributed by atoms with van der Waals surface area (Å²) in [5.74, 6) is 2.82. The minimum atomic E-state index is -0.354. The van der Waals surface area contributed by atoms with E-state index < -0.39 is 0 Å². The second kappa shape index (κ2) is 16.2. The Morgan fingerprint density at radius 1 is 0.719 bits per heavy atom. The van der Waals surface area contributed by atoms with Gasteiger partial charge in [-0.1, -0.05) is 138 Å². The van der Waals surface area contributed by atoms with Crippen LogP contribution in [0, 0.1) is 64.5 Å². The average molecular weight is 1030 g/mol. The first-order chi connectivity index (χ1) is 29.7. The van der Waals surface area contributed by atoms with Gasteiger partial charge in [0.25, 0.3) is 0 Å². The largest absolute Gasteiger partial charge is 2.00 e. The number of aromatic nitrogens is 2. The second-order valence-corrected chi connectivity index (χ2v) is 21.3. The molecule has 0 radical (unpaired) electrons. The van der Waals surface area contributed by atoms with Crippen molar-refractivity contribution >= 4 is 44.8 Å². The molecule has 0 fully saturated rings. The van der Waals surface area contributed by atoms with Gasteiger partial charge in [0, 0.05) is 17.4 Å². The average Bonchev–Trinajstić information content (AvgIpc) is 3.74. The first-order valence-electron chi connectivity index (χ1n) is 22.9. The molecule has 2 aromatic heterocycles. The van der Waals surface area contributed by atoms with Crippen LogP contribution in [0.3, 0.4) is 0 Å². The van der Waals surface area contributed by atoms with Crippen LogP contribution in [0.15, 0.2) is 90.1 Å². The topological polar surface area (TPSA) is 42.6 Å². The maximum absolute atomic E-state index is 6.72. The number of aryl methyl sites for hydroxylation is 5. The molecule has 2 aliphatic rings. The van der Waals surface area contributed by atoms with Crippen LogP contribution in [0.1, 0.15) is 119 Å². The summed E-state index contributed by atoms with van der Waals surface area (Å²) in [5.41, 5.74) is 17.6. The second-order valence-electron chi connectivity index (χ2n) is 21.3. The Kier molecular flexibility index (Phi) is 11.5. The quantitative estimate of drug-likeness (QED) is 0.149. The van der Waals surface area contributed by atoms with Gasteiger partial charge in [-0.15, -0.1) is 35.2 Å². The van der Waals surface area contributed by atoms with Crippen LogP contribution >= 0.6 is 0 Å². The van der Waals surface area contributed by atoms with Crippen LogP contribution in [0.2, 0.25) is 0 Å². The van der Waals surface area contributed by atoms with Gasteiger partial charge in [-0.3, -0.25) is 4.99 Å². The molecule has 6 heteroatoms. The Bertz CT molecular complexity index is 2980. The third kappa shape index (κ3) is 7.54. The molecular weight excluding hydrogens is 964 g/mol. The molecule has 332 valence electrons. The van der Waals surface area contributed by atoms with Crippen molar-refractivity contribution in [3.63, 3.8) is 0 Å². The van der Waals surface area contributed by atoms with Crippen molar-refractivity contribution in [2.75, 3.05) is 11.5 Å². The number of rotatable bonds is 7. The summed E-state index contributed by atoms with van der Waals surface area (Å²) in [4.78, 5) is 13.0. The molecule has 2 aliphatic heterocycles. The fourth-order valence-corrected chi connectivity index (χ4v) is 11.4. The van der Waals surface area contributed by atoms with Gasteiger partial charge < -0.3 is 14.2 Å². The Morgan fingerprint density at radius 2 is 1.39 bits per heavy atom. The van der Waals surface area contributed by atoms with Crippen LogP contribution in [-0.2, 0) is 36.6 Å². The van der Waals surface area contributed by atoms with Gasteiger partial charge in [-0.2, -0.15) is 6.07 Å². The third-order valence-corrected chi connectivity index (χ3v) is 14.1. The molecule has 0 unspecified atom stereocenters. The molecule has 7 aromatic rings. The SMILES string of the molecule is Cc1cc(C)c(-c2cc(C3=N[C@](C)(C(C(C)C)C(C)C)CO3)[c-]c(N3c4[c-]c5c(cc4C(C)(C)c4cc(C)ccc43)c3cc(C)ccc3n5-c3cc(C(C)(C)C)ccn3)c2)c(C)c1.[Pt+2]. The van der Waals surface area contributed by atoms with Crippen molar-refractivity contribution in [3.8, 4) is 16.9 Å². The molecule has 5 nitrogen and oxygen atoms in total. The predicted octanol–water partition coefficient (Wildman–Crippen LogP) is 14.9. The zero-order valence-corrected chi connectivity index (χ0v) is 42.8.